The van der Waals surface area contributed by atoms with E-state index in [-0.39, 0.29) is 5.91 Å². The van der Waals surface area contributed by atoms with Crippen LogP contribution in [-0.4, -0.2) is 25.0 Å². The minimum Gasteiger partial charge on any atom is -0.346 e. The van der Waals surface area contributed by atoms with Gasteiger partial charge in [-0.2, -0.15) is 0 Å². The summed E-state index contributed by atoms with van der Waals surface area (Å²) in [5.74, 6) is 0.0685. The first-order chi connectivity index (χ1) is 6.27. The molecule has 3 nitrogen and oxygen atoms in total. The van der Waals surface area contributed by atoms with Gasteiger partial charge in [0.15, 0.2) is 0 Å². The van der Waals surface area contributed by atoms with Crippen molar-refractivity contribution >= 4 is 17.2 Å². The summed E-state index contributed by atoms with van der Waals surface area (Å²) < 4.78 is 0. The van der Waals surface area contributed by atoms with Gasteiger partial charge in [0.05, 0.1) is 10.9 Å². The van der Waals surface area contributed by atoms with E-state index in [1.807, 2.05) is 18.4 Å². The highest BCUT2D eigenvalue weighted by Crippen LogP contribution is 2.15. The molecule has 0 aliphatic carbocycles. The van der Waals surface area contributed by atoms with E-state index in [9.17, 15) is 4.79 Å². The van der Waals surface area contributed by atoms with Crippen molar-refractivity contribution in [3.05, 3.63) is 21.9 Å². The minimum atomic E-state index is 0.0685. The molecule has 0 spiro atoms. The molecule has 0 radical (unpaired) electrons. The molecule has 70 valence electrons. The van der Waals surface area contributed by atoms with Crippen molar-refractivity contribution in [2.75, 3.05) is 13.1 Å². The summed E-state index contributed by atoms with van der Waals surface area (Å²) in [5, 5.41) is 8.03. The molecule has 2 N–H and O–H groups in total. The van der Waals surface area contributed by atoms with Crippen molar-refractivity contribution in [3.63, 3.8) is 0 Å². The Balaban J connectivity index is 2.00. The van der Waals surface area contributed by atoms with Crippen LogP contribution in [0.3, 0.4) is 0 Å². The smallest absolute Gasteiger partial charge is 0.261 e. The first kappa shape index (κ1) is 8.72. The van der Waals surface area contributed by atoms with Crippen molar-refractivity contribution in [1.29, 1.82) is 0 Å². The Labute approximate surface area is 81.2 Å². The van der Waals surface area contributed by atoms with Crippen molar-refractivity contribution in [1.82, 2.24) is 10.6 Å². The maximum Gasteiger partial charge on any atom is 0.261 e. The van der Waals surface area contributed by atoms with Gasteiger partial charge < -0.3 is 10.6 Å². The van der Waals surface area contributed by atoms with E-state index < -0.39 is 0 Å². The van der Waals surface area contributed by atoms with Crippen molar-refractivity contribution < 1.29 is 4.79 Å². The van der Waals surface area contributed by atoms with Crippen LogP contribution in [0.25, 0.3) is 0 Å². The molecule has 13 heavy (non-hydrogen) atoms. The summed E-state index contributed by atoms with van der Waals surface area (Å²) in [7, 11) is 0. The van der Waals surface area contributed by atoms with E-state index in [1.54, 1.807) is 0 Å². The molecule has 1 saturated heterocycles. The van der Waals surface area contributed by atoms with Gasteiger partial charge in [-0.3, -0.25) is 4.79 Å². The number of carbonyl (C=O) groups excluding carboxylic acids is 1. The molecule has 1 aliphatic heterocycles. The number of hydrogen-bond acceptors (Lipinski definition) is 3. The second kappa shape index (κ2) is 3.47. The van der Waals surface area contributed by atoms with Crippen LogP contribution in [0.4, 0.5) is 0 Å². The van der Waals surface area contributed by atoms with E-state index in [0.717, 1.165) is 23.5 Å². The van der Waals surface area contributed by atoms with Gasteiger partial charge in [-0.25, -0.2) is 0 Å². The highest BCUT2D eigenvalue weighted by atomic mass is 32.1. The molecule has 2 heterocycles. The molecule has 1 aromatic heterocycles. The summed E-state index contributed by atoms with van der Waals surface area (Å²) in [4.78, 5) is 12.4. The Morgan fingerprint density at radius 1 is 1.69 bits per heavy atom. The maximum absolute atomic E-state index is 11.6. The van der Waals surface area contributed by atoms with Crippen molar-refractivity contribution in [3.8, 4) is 0 Å². The van der Waals surface area contributed by atoms with Crippen LogP contribution in [0.2, 0.25) is 0 Å². The molecule has 1 fully saturated rings. The molecule has 1 amide bonds. The Bertz CT molecular complexity index is 317. The molecular weight excluding hydrogens is 184 g/mol. The molecule has 0 aromatic carbocycles. The third-order valence-electron chi connectivity index (χ3n) is 2.19. The minimum absolute atomic E-state index is 0.0685. The van der Waals surface area contributed by atoms with Crippen LogP contribution in [0.15, 0.2) is 11.4 Å². The summed E-state index contributed by atoms with van der Waals surface area (Å²) >= 11 is 1.50. The summed E-state index contributed by atoms with van der Waals surface area (Å²) in [5.41, 5.74) is 1.06. The Kier molecular flexibility index (Phi) is 2.33. The molecule has 0 atom stereocenters. The Morgan fingerprint density at radius 2 is 2.46 bits per heavy atom. The fourth-order valence-electron chi connectivity index (χ4n) is 1.25. The van der Waals surface area contributed by atoms with Gasteiger partial charge in [0.2, 0.25) is 0 Å². The van der Waals surface area contributed by atoms with E-state index >= 15 is 0 Å². The lowest BCUT2D eigenvalue weighted by Crippen LogP contribution is -2.56. The normalized spacial score (nSPS) is 16.7. The van der Waals surface area contributed by atoms with Gasteiger partial charge in [-0.05, 0) is 23.9 Å². The van der Waals surface area contributed by atoms with Gasteiger partial charge in [0.1, 0.15) is 0 Å². The third kappa shape index (κ3) is 1.73. The molecule has 1 aliphatic rings. The zero-order valence-corrected chi connectivity index (χ0v) is 8.28. The first-order valence-electron chi connectivity index (χ1n) is 4.33. The summed E-state index contributed by atoms with van der Waals surface area (Å²) in [6.07, 6.45) is 0. The quantitative estimate of drug-likeness (QED) is 0.733. The zero-order chi connectivity index (χ0) is 9.26. The highest BCUT2D eigenvalue weighted by molar-refractivity contribution is 7.12. The van der Waals surface area contributed by atoms with E-state index in [2.05, 4.69) is 10.6 Å². The summed E-state index contributed by atoms with van der Waals surface area (Å²) in [6, 6.07) is 2.30. The fraction of sp³-hybridized carbons (Fsp3) is 0.444. The molecule has 0 unspecified atom stereocenters. The topological polar surface area (TPSA) is 41.1 Å². The van der Waals surface area contributed by atoms with Crippen LogP contribution in [-0.2, 0) is 0 Å². The van der Waals surface area contributed by atoms with Crippen LogP contribution in [0, 0.1) is 6.92 Å². The predicted octanol–water partition coefficient (Wildman–Crippen LogP) is 0.758. The van der Waals surface area contributed by atoms with Crippen LogP contribution >= 0.6 is 11.3 Å². The number of hydrogen-bond donors (Lipinski definition) is 2. The Hall–Kier alpha value is -0.870. The van der Waals surface area contributed by atoms with Crippen LogP contribution < -0.4 is 10.6 Å². The van der Waals surface area contributed by atoms with Gasteiger partial charge in [-0.1, -0.05) is 0 Å². The second-order valence-electron chi connectivity index (χ2n) is 3.26. The second-order valence-corrected chi connectivity index (χ2v) is 4.18. The molecule has 1 aromatic rings. The summed E-state index contributed by atoms with van der Waals surface area (Å²) in [6.45, 7) is 3.76. The largest absolute Gasteiger partial charge is 0.346 e. The standard InChI is InChI=1S/C9H12N2OS/c1-6-2-3-13-8(6)9(12)11-7-4-10-5-7/h2-3,7,10H,4-5H2,1H3,(H,11,12). The first-order valence-corrected chi connectivity index (χ1v) is 5.21. The molecule has 0 bridgehead atoms. The van der Waals surface area contributed by atoms with Gasteiger partial charge in [-0.15, -0.1) is 11.3 Å². The molecule has 2 rings (SSSR count). The number of rotatable bonds is 2. The van der Waals surface area contributed by atoms with E-state index in [1.165, 1.54) is 11.3 Å². The Morgan fingerprint density at radius 3 is 2.92 bits per heavy atom. The van der Waals surface area contributed by atoms with Gasteiger partial charge in [0, 0.05) is 13.1 Å². The van der Waals surface area contributed by atoms with E-state index in [0.29, 0.717) is 6.04 Å². The predicted molar refractivity (Wildman–Crippen MR) is 53.2 cm³/mol. The molecule has 4 heteroatoms. The lowest BCUT2D eigenvalue weighted by Gasteiger charge is -2.27. The van der Waals surface area contributed by atoms with Crippen molar-refractivity contribution in [2.24, 2.45) is 0 Å². The number of carbonyl (C=O) groups is 1. The van der Waals surface area contributed by atoms with E-state index in [4.69, 9.17) is 0 Å². The lowest BCUT2D eigenvalue weighted by molar-refractivity contribution is 0.0927. The monoisotopic (exact) mass is 196 g/mol. The number of amides is 1. The maximum atomic E-state index is 11.6. The average molecular weight is 196 g/mol. The van der Waals surface area contributed by atoms with Crippen LogP contribution in [0.1, 0.15) is 15.2 Å². The number of thiophene rings is 1. The third-order valence-corrected chi connectivity index (χ3v) is 3.20. The number of aryl methyl sites for hydroxylation is 1. The van der Waals surface area contributed by atoms with Crippen LogP contribution in [0.5, 0.6) is 0 Å². The van der Waals surface area contributed by atoms with Gasteiger partial charge in [0.25, 0.3) is 5.91 Å². The lowest BCUT2D eigenvalue weighted by atomic mass is 10.2. The SMILES string of the molecule is Cc1ccsc1C(=O)NC1CNC1. The highest BCUT2D eigenvalue weighted by Gasteiger charge is 2.20. The number of nitrogens with one attached hydrogen (secondary N) is 2. The zero-order valence-electron chi connectivity index (χ0n) is 7.46. The molecule has 0 saturated carbocycles. The average Bonchev–Trinajstić information content (AvgIpc) is 2.43. The van der Waals surface area contributed by atoms with Gasteiger partial charge >= 0.3 is 0 Å². The fourth-order valence-corrected chi connectivity index (χ4v) is 2.08. The van der Waals surface area contributed by atoms with Crippen molar-refractivity contribution in [2.45, 2.75) is 13.0 Å². The molecular formula is C9H12N2OS.